The number of ether oxygens (including phenoxy) is 1. The number of methoxy groups -OCH3 is 1. The van der Waals surface area contributed by atoms with Crippen LogP contribution in [0.25, 0.3) is 0 Å². The first-order valence-electron chi connectivity index (χ1n) is 5.72. The molecule has 1 saturated heterocycles. The number of carbonyl (C=O) groups excluding carboxylic acids is 2. The van der Waals surface area contributed by atoms with E-state index in [1.807, 2.05) is 0 Å². The third kappa shape index (κ3) is 4.62. The predicted molar refractivity (Wildman–Crippen MR) is 62.6 cm³/mol. The number of hydrogen-bond acceptors (Lipinski definition) is 5. The van der Waals surface area contributed by atoms with Gasteiger partial charge in [-0.15, -0.1) is 0 Å². The van der Waals surface area contributed by atoms with Crippen LogP contribution in [0.15, 0.2) is 0 Å². The van der Waals surface area contributed by atoms with Crippen molar-refractivity contribution in [1.29, 1.82) is 0 Å². The molecule has 0 aromatic carbocycles. The average molecular weight is 275 g/mol. The zero-order chi connectivity index (χ0) is 14.4. The van der Waals surface area contributed by atoms with Crippen LogP contribution in [0.1, 0.15) is 6.42 Å². The molecule has 1 aliphatic rings. The number of likely N-dealkylation sites (tertiary alicyclic amines) is 1. The number of carboxylic acids is 1. The number of nitrogens with zero attached hydrogens (tertiary/aromatic N) is 1. The van der Waals surface area contributed by atoms with Gasteiger partial charge in [-0.3, -0.25) is 0 Å². The van der Waals surface area contributed by atoms with Gasteiger partial charge >= 0.3 is 18.1 Å². The highest BCUT2D eigenvalue weighted by molar-refractivity contribution is 5.77. The van der Waals surface area contributed by atoms with Gasteiger partial charge in [0.05, 0.1) is 19.7 Å². The summed E-state index contributed by atoms with van der Waals surface area (Å²) in [7, 11) is 1.25. The van der Waals surface area contributed by atoms with E-state index in [2.05, 4.69) is 15.4 Å². The van der Waals surface area contributed by atoms with E-state index >= 15 is 0 Å². The lowest BCUT2D eigenvalue weighted by atomic mass is 10.3. The summed E-state index contributed by atoms with van der Waals surface area (Å²) in [4.78, 5) is 34.4. The Morgan fingerprint density at radius 1 is 1.47 bits per heavy atom. The Morgan fingerprint density at radius 2 is 2.16 bits per heavy atom. The van der Waals surface area contributed by atoms with Crippen LogP contribution in [-0.4, -0.2) is 72.1 Å². The molecule has 4 N–H and O–H groups in total. The topological polar surface area (TPSA) is 128 Å². The lowest BCUT2D eigenvalue weighted by Crippen LogP contribution is -2.45. The molecule has 0 bridgehead atoms. The summed E-state index contributed by atoms with van der Waals surface area (Å²) in [6, 6.07) is -0.669. The third-order valence-electron chi connectivity index (χ3n) is 2.71. The van der Waals surface area contributed by atoms with Crippen LogP contribution in [0.5, 0.6) is 0 Å². The van der Waals surface area contributed by atoms with Gasteiger partial charge in [-0.05, 0) is 6.42 Å². The first kappa shape index (κ1) is 15.0. The highest BCUT2D eigenvalue weighted by Crippen LogP contribution is 2.09. The number of rotatable bonds is 4. The molecule has 0 aliphatic carbocycles. The molecule has 108 valence electrons. The van der Waals surface area contributed by atoms with Gasteiger partial charge in [-0.1, -0.05) is 0 Å². The molecule has 1 fully saturated rings. The summed E-state index contributed by atoms with van der Waals surface area (Å²) in [5.74, 6) is -1.40. The van der Waals surface area contributed by atoms with Crippen LogP contribution in [-0.2, 0) is 9.53 Å². The predicted octanol–water partition coefficient (Wildman–Crippen LogP) is -1.43. The Hall–Kier alpha value is -2.03. The van der Waals surface area contributed by atoms with E-state index in [9.17, 15) is 14.4 Å². The standard InChI is InChI=1S/C10H17N3O6/c1-19-10(18)12-6-2-3-13(5-6)9(17)11-4-7(14)8(15)16/h6-7,14H,2-5H2,1H3,(H,11,17)(H,12,18)(H,15,16)/t6?,7-/m0/s1. The van der Waals surface area contributed by atoms with Gasteiger partial charge in [0.15, 0.2) is 6.10 Å². The Morgan fingerprint density at radius 3 is 2.74 bits per heavy atom. The SMILES string of the molecule is COC(=O)NC1CCN(C(=O)NC[C@H](O)C(=O)O)C1. The molecule has 0 aromatic rings. The number of aliphatic hydroxyl groups is 1. The molecule has 0 saturated carbocycles. The van der Waals surface area contributed by atoms with E-state index in [-0.39, 0.29) is 12.6 Å². The van der Waals surface area contributed by atoms with E-state index < -0.39 is 24.2 Å². The Balaban J connectivity index is 2.32. The van der Waals surface area contributed by atoms with Gasteiger partial charge in [0.1, 0.15) is 0 Å². The largest absolute Gasteiger partial charge is 0.479 e. The molecule has 0 aromatic heterocycles. The Labute approximate surface area is 109 Å². The van der Waals surface area contributed by atoms with Crippen molar-refractivity contribution in [3.63, 3.8) is 0 Å². The van der Waals surface area contributed by atoms with Crippen molar-refractivity contribution in [1.82, 2.24) is 15.5 Å². The van der Waals surface area contributed by atoms with Gasteiger partial charge in [0.25, 0.3) is 0 Å². The fraction of sp³-hybridized carbons (Fsp3) is 0.700. The smallest absolute Gasteiger partial charge is 0.407 e. The van der Waals surface area contributed by atoms with Crippen LogP contribution in [0.4, 0.5) is 9.59 Å². The maximum Gasteiger partial charge on any atom is 0.407 e. The summed E-state index contributed by atoms with van der Waals surface area (Å²) in [5, 5.41) is 22.3. The number of nitrogens with one attached hydrogen (secondary N) is 2. The van der Waals surface area contributed by atoms with Crippen molar-refractivity contribution in [2.45, 2.75) is 18.6 Å². The maximum atomic E-state index is 11.6. The van der Waals surface area contributed by atoms with Gasteiger partial charge in [0.2, 0.25) is 0 Å². The number of aliphatic carboxylic acids is 1. The van der Waals surface area contributed by atoms with Crippen molar-refractivity contribution in [3.05, 3.63) is 0 Å². The van der Waals surface area contributed by atoms with Gasteiger partial charge in [-0.2, -0.15) is 0 Å². The minimum absolute atomic E-state index is 0.192. The van der Waals surface area contributed by atoms with Crippen LogP contribution in [0, 0.1) is 0 Å². The van der Waals surface area contributed by atoms with E-state index in [1.165, 1.54) is 12.0 Å². The lowest BCUT2D eigenvalue weighted by Gasteiger charge is -2.18. The minimum Gasteiger partial charge on any atom is -0.479 e. The van der Waals surface area contributed by atoms with Crippen molar-refractivity contribution in [3.8, 4) is 0 Å². The molecule has 2 atom stereocenters. The Bertz CT molecular complexity index is 361. The lowest BCUT2D eigenvalue weighted by molar-refractivity contribution is -0.146. The van der Waals surface area contributed by atoms with Crippen LogP contribution in [0.2, 0.25) is 0 Å². The first-order valence-corrected chi connectivity index (χ1v) is 5.72. The van der Waals surface area contributed by atoms with E-state index in [4.69, 9.17) is 10.2 Å². The zero-order valence-corrected chi connectivity index (χ0v) is 10.5. The summed E-state index contributed by atoms with van der Waals surface area (Å²) < 4.78 is 4.45. The van der Waals surface area contributed by atoms with Crippen molar-refractivity contribution in [2.75, 3.05) is 26.7 Å². The maximum absolute atomic E-state index is 11.6. The molecule has 9 nitrogen and oxygen atoms in total. The number of alkyl carbamates (subject to hydrolysis) is 1. The molecular weight excluding hydrogens is 258 g/mol. The third-order valence-corrected chi connectivity index (χ3v) is 2.71. The number of urea groups is 1. The number of carboxylic acid groups (broad SMARTS) is 1. The molecule has 19 heavy (non-hydrogen) atoms. The summed E-state index contributed by atoms with van der Waals surface area (Å²) >= 11 is 0. The van der Waals surface area contributed by atoms with Gasteiger partial charge in [0, 0.05) is 13.1 Å². The molecule has 3 amide bonds. The molecular formula is C10H17N3O6. The molecule has 1 rings (SSSR count). The van der Waals surface area contributed by atoms with Crippen molar-refractivity contribution in [2.24, 2.45) is 0 Å². The average Bonchev–Trinajstić information content (AvgIpc) is 2.83. The second-order valence-corrected chi connectivity index (χ2v) is 4.11. The highest BCUT2D eigenvalue weighted by atomic mass is 16.5. The van der Waals surface area contributed by atoms with Crippen LogP contribution >= 0.6 is 0 Å². The fourth-order valence-corrected chi connectivity index (χ4v) is 1.67. The summed E-state index contributed by atoms with van der Waals surface area (Å²) in [5.41, 5.74) is 0. The molecule has 9 heteroatoms. The normalized spacial score (nSPS) is 19.7. The first-order chi connectivity index (χ1) is 8.93. The molecule has 1 heterocycles. The van der Waals surface area contributed by atoms with Crippen LogP contribution < -0.4 is 10.6 Å². The van der Waals surface area contributed by atoms with E-state index in [1.54, 1.807) is 0 Å². The fourth-order valence-electron chi connectivity index (χ4n) is 1.67. The van der Waals surface area contributed by atoms with Crippen molar-refractivity contribution < 1.29 is 29.3 Å². The second kappa shape index (κ2) is 6.78. The number of hydrogen-bond donors (Lipinski definition) is 4. The number of carbonyl (C=O) groups is 3. The monoisotopic (exact) mass is 275 g/mol. The molecule has 1 unspecified atom stereocenters. The summed E-state index contributed by atoms with van der Waals surface area (Å²) in [6.45, 7) is 0.382. The molecule has 0 spiro atoms. The Kier molecular flexibility index (Phi) is 5.37. The molecule has 1 aliphatic heterocycles. The molecule has 0 radical (unpaired) electrons. The quantitative estimate of drug-likeness (QED) is 0.498. The van der Waals surface area contributed by atoms with Gasteiger partial charge in [-0.25, -0.2) is 14.4 Å². The highest BCUT2D eigenvalue weighted by Gasteiger charge is 2.28. The van der Waals surface area contributed by atoms with Gasteiger partial charge < -0.3 is 30.5 Å². The summed E-state index contributed by atoms with van der Waals surface area (Å²) in [6.07, 6.45) is -1.60. The number of amides is 3. The van der Waals surface area contributed by atoms with E-state index in [0.29, 0.717) is 19.5 Å². The number of aliphatic hydroxyl groups excluding tert-OH is 1. The second-order valence-electron chi connectivity index (χ2n) is 4.11. The minimum atomic E-state index is -1.63. The zero-order valence-electron chi connectivity index (χ0n) is 10.5. The van der Waals surface area contributed by atoms with E-state index in [0.717, 1.165) is 0 Å². The van der Waals surface area contributed by atoms with Crippen molar-refractivity contribution >= 4 is 18.1 Å². The van der Waals surface area contributed by atoms with Crippen LogP contribution in [0.3, 0.4) is 0 Å².